The van der Waals surface area contributed by atoms with E-state index in [1.165, 1.54) is 29.2 Å². The highest BCUT2D eigenvalue weighted by atomic mass is 32.2. The highest BCUT2D eigenvalue weighted by Crippen LogP contribution is 2.27. The van der Waals surface area contributed by atoms with Crippen LogP contribution in [-0.2, 0) is 9.84 Å². The van der Waals surface area contributed by atoms with Gasteiger partial charge in [0.15, 0.2) is 9.84 Å². The Balaban J connectivity index is 2.11. The maximum Gasteiger partial charge on any atom is 0.261 e. The van der Waals surface area contributed by atoms with Crippen LogP contribution in [0.25, 0.3) is 0 Å². The zero-order chi connectivity index (χ0) is 18.2. The molecule has 1 aliphatic rings. The minimum atomic E-state index is -3.36. The second kappa shape index (κ2) is 6.44. The molecule has 1 amide bonds. The molecular formula is C19H18FNO3S. The summed E-state index contributed by atoms with van der Waals surface area (Å²) in [7, 11) is -3.36. The minimum Gasteiger partial charge on any atom is -0.300 e. The average molecular weight is 359 g/mol. The van der Waals surface area contributed by atoms with Crippen molar-refractivity contribution in [3.63, 3.8) is 0 Å². The van der Waals surface area contributed by atoms with Gasteiger partial charge in [0.1, 0.15) is 5.82 Å². The summed E-state index contributed by atoms with van der Waals surface area (Å²) in [4.78, 5) is 14.4. The monoisotopic (exact) mass is 359 g/mol. The van der Waals surface area contributed by atoms with Crippen LogP contribution in [0.15, 0.2) is 53.9 Å². The molecule has 1 heterocycles. The quantitative estimate of drug-likeness (QED) is 0.844. The molecule has 0 saturated carbocycles. The normalized spacial score (nSPS) is 18.3. The molecule has 6 heteroatoms. The van der Waals surface area contributed by atoms with Gasteiger partial charge in [0.05, 0.1) is 17.4 Å². The average Bonchev–Trinajstić information content (AvgIpc) is 2.86. The Kier molecular flexibility index (Phi) is 4.47. The van der Waals surface area contributed by atoms with Crippen LogP contribution in [0, 0.1) is 19.7 Å². The van der Waals surface area contributed by atoms with Crippen LogP contribution in [0.2, 0.25) is 0 Å². The fourth-order valence-electron chi connectivity index (χ4n) is 3.03. The van der Waals surface area contributed by atoms with Gasteiger partial charge in [-0.1, -0.05) is 18.2 Å². The van der Waals surface area contributed by atoms with Crippen molar-refractivity contribution in [2.45, 2.75) is 19.9 Å². The number of amides is 1. The van der Waals surface area contributed by atoms with Crippen LogP contribution in [0.3, 0.4) is 0 Å². The van der Waals surface area contributed by atoms with Crippen molar-refractivity contribution in [2.75, 3.05) is 10.7 Å². The van der Waals surface area contributed by atoms with Gasteiger partial charge < -0.3 is 4.90 Å². The molecule has 3 rings (SSSR count). The van der Waals surface area contributed by atoms with Crippen molar-refractivity contribution in [3.05, 3.63) is 76.5 Å². The van der Waals surface area contributed by atoms with Gasteiger partial charge in [-0.05, 0) is 55.3 Å². The molecule has 0 saturated heterocycles. The van der Waals surface area contributed by atoms with Crippen molar-refractivity contribution >= 4 is 21.4 Å². The number of nitrogens with zero attached hydrogens (tertiary/aromatic N) is 1. The number of hydrogen-bond donors (Lipinski definition) is 0. The molecule has 0 spiro atoms. The van der Waals surface area contributed by atoms with E-state index in [0.717, 1.165) is 16.5 Å². The molecule has 2 aromatic carbocycles. The lowest BCUT2D eigenvalue weighted by molar-refractivity contribution is 0.0979. The Hall–Kier alpha value is -2.47. The lowest BCUT2D eigenvalue weighted by Crippen LogP contribution is -2.41. The zero-order valence-electron chi connectivity index (χ0n) is 13.9. The van der Waals surface area contributed by atoms with E-state index in [-0.39, 0.29) is 11.3 Å². The predicted octanol–water partition coefficient (Wildman–Crippen LogP) is 3.40. The number of sulfone groups is 1. The molecule has 0 aliphatic carbocycles. The third kappa shape index (κ3) is 3.64. The predicted molar refractivity (Wildman–Crippen MR) is 95.8 cm³/mol. The maximum atomic E-state index is 14.1. The molecule has 4 nitrogen and oxygen atoms in total. The fourth-order valence-corrected chi connectivity index (χ4v) is 4.30. The molecule has 1 atom stereocenters. The number of carbonyl (C=O) groups excluding carboxylic acids is 1. The van der Waals surface area contributed by atoms with Crippen molar-refractivity contribution < 1.29 is 17.6 Å². The van der Waals surface area contributed by atoms with Crippen molar-refractivity contribution in [2.24, 2.45) is 0 Å². The Morgan fingerprint density at radius 1 is 1.12 bits per heavy atom. The van der Waals surface area contributed by atoms with Gasteiger partial charge in [-0.3, -0.25) is 4.79 Å². The number of halogens is 1. The Morgan fingerprint density at radius 3 is 2.32 bits per heavy atom. The van der Waals surface area contributed by atoms with Crippen LogP contribution in [0.1, 0.15) is 21.5 Å². The van der Waals surface area contributed by atoms with Gasteiger partial charge in [0.2, 0.25) is 0 Å². The fraction of sp³-hybridized carbons (Fsp3) is 0.211. The minimum absolute atomic E-state index is 0.0839. The van der Waals surface area contributed by atoms with Gasteiger partial charge in [-0.25, -0.2) is 12.8 Å². The molecule has 130 valence electrons. The number of aryl methyl sites for hydroxylation is 2. The highest BCUT2D eigenvalue weighted by Gasteiger charge is 2.33. The van der Waals surface area contributed by atoms with E-state index in [4.69, 9.17) is 0 Å². The molecule has 0 bridgehead atoms. The second-order valence-electron chi connectivity index (χ2n) is 6.23. The van der Waals surface area contributed by atoms with E-state index >= 15 is 0 Å². The summed E-state index contributed by atoms with van der Waals surface area (Å²) < 4.78 is 37.8. The first-order chi connectivity index (χ1) is 11.8. The molecule has 0 N–H and O–H groups in total. The van der Waals surface area contributed by atoms with Gasteiger partial charge in [0, 0.05) is 11.1 Å². The van der Waals surface area contributed by atoms with E-state index in [9.17, 15) is 17.6 Å². The first-order valence-electron chi connectivity index (χ1n) is 7.84. The van der Waals surface area contributed by atoms with E-state index in [1.54, 1.807) is 18.2 Å². The van der Waals surface area contributed by atoms with Crippen LogP contribution >= 0.6 is 0 Å². The van der Waals surface area contributed by atoms with Crippen LogP contribution in [0.5, 0.6) is 0 Å². The molecular weight excluding hydrogens is 341 g/mol. The summed E-state index contributed by atoms with van der Waals surface area (Å²) in [6, 6.07) is 10.6. The molecule has 25 heavy (non-hydrogen) atoms. The van der Waals surface area contributed by atoms with E-state index < -0.39 is 27.6 Å². The third-order valence-corrected chi connectivity index (χ3v) is 5.43. The van der Waals surface area contributed by atoms with Crippen LogP contribution < -0.4 is 4.90 Å². The van der Waals surface area contributed by atoms with Crippen molar-refractivity contribution in [1.82, 2.24) is 0 Å². The molecule has 1 aliphatic heterocycles. The lowest BCUT2D eigenvalue weighted by atomic mass is 10.1. The maximum absolute atomic E-state index is 14.1. The Bertz CT molecular complexity index is 946. The van der Waals surface area contributed by atoms with Crippen LogP contribution in [0.4, 0.5) is 10.1 Å². The summed E-state index contributed by atoms with van der Waals surface area (Å²) in [6.07, 6.45) is 1.48. The van der Waals surface area contributed by atoms with E-state index in [1.807, 2.05) is 19.9 Å². The second-order valence-corrected chi connectivity index (χ2v) is 8.16. The Morgan fingerprint density at radius 2 is 1.76 bits per heavy atom. The largest absolute Gasteiger partial charge is 0.300 e. The summed E-state index contributed by atoms with van der Waals surface area (Å²) in [6.45, 7) is 3.78. The number of hydrogen-bond acceptors (Lipinski definition) is 3. The summed E-state index contributed by atoms with van der Waals surface area (Å²) >= 11 is 0. The topological polar surface area (TPSA) is 54.5 Å². The SMILES string of the molecule is Cc1cc(C)cc(N(C(=O)c2ccccc2F)[C@H]2C=CS(=O)(=O)C2)c1. The molecule has 0 aromatic heterocycles. The first-order valence-corrected chi connectivity index (χ1v) is 9.56. The van der Waals surface area contributed by atoms with E-state index in [2.05, 4.69) is 0 Å². The smallest absolute Gasteiger partial charge is 0.261 e. The number of rotatable bonds is 3. The zero-order valence-corrected chi connectivity index (χ0v) is 14.8. The number of anilines is 1. The lowest BCUT2D eigenvalue weighted by Gasteiger charge is -2.28. The molecule has 2 aromatic rings. The highest BCUT2D eigenvalue weighted by molar-refractivity contribution is 7.94. The Labute approximate surface area is 146 Å². The van der Waals surface area contributed by atoms with Gasteiger partial charge in [0.25, 0.3) is 5.91 Å². The summed E-state index contributed by atoms with van der Waals surface area (Å²) in [5.74, 6) is -1.40. The standard InChI is InChI=1S/C19H18FNO3S/c1-13-9-14(2)11-16(10-13)21(15-7-8-25(23,24)12-15)19(22)17-5-3-4-6-18(17)20/h3-11,15H,12H2,1-2H3/t15-/m0/s1. The first kappa shape index (κ1) is 17.4. The summed E-state index contributed by atoms with van der Waals surface area (Å²) in [5.41, 5.74) is 2.34. The van der Waals surface area contributed by atoms with Crippen molar-refractivity contribution in [1.29, 1.82) is 0 Å². The van der Waals surface area contributed by atoms with Gasteiger partial charge in [-0.2, -0.15) is 0 Å². The number of carbonyl (C=O) groups is 1. The summed E-state index contributed by atoms with van der Waals surface area (Å²) in [5, 5.41) is 1.11. The van der Waals surface area contributed by atoms with Gasteiger partial charge >= 0.3 is 0 Å². The molecule has 0 fully saturated rings. The third-order valence-electron chi connectivity index (χ3n) is 4.05. The van der Waals surface area contributed by atoms with E-state index in [0.29, 0.717) is 5.69 Å². The van der Waals surface area contributed by atoms with Gasteiger partial charge in [-0.15, -0.1) is 0 Å². The van der Waals surface area contributed by atoms with Crippen LogP contribution in [-0.4, -0.2) is 26.1 Å². The number of benzene rings is 2. The molecule has 0 radical (unpaired) electrons. The molecule has 0 unspecified atom stereocenters. The van der Waals surface area contributed by atoms with Crippen molar-refractivity contribution in [3.8, 4) is 0 Å².